The van der Waals surface area contributed by atoms with Gasteiger partial charge in [0.2, 0.25) is 5.91 Å². The molecule has 0 radical (unpaired) electrons. The predicted octanol–water partition coefficient (Wildman–Crippen LogP) is 2.83. The number of nitrogens with one attached hydrogen (secondary N) is 1. The molecule has 0 bridgehead atoms. The quantitative estimate of drug-likeness (QED) is 0.604. The standard InChI is InChI=1S/C17H20N4O3S/c1-3-24-16(23)12-4-6-13(7-5-12)18-15(22)10-25-17-20-19-11(2)21(17)14-8-9-14/h4-7,14H,3,8-10H2,1-2H3,(H,18,22). The van der Waals surface area contributed by atoms with E-state index in [-0.39, 0.29) is 17.6 Å². The number of amides is 1. The van der Waals surface area contributed by atoms with E-state index < -0.39 is 0 Å². The molecule has 1 aliphatic carbocycles. The zero-order chi connectivity index (χ0) is 17.8. The highest BCUT2D eigenvalue weighted by molar-refractivity contribution is 7.99. The number of carbonyl (C=O) groups is 2. The van der Waals surface area contributed by atoms with Gasteiger partial charge in [-0.05, 0) is 51.0 Å². The van der Waals surface area contributed by atoms with Crippen LogP contribution in [0.3, 0.4) is 0 Å². The Kier molecular flexibility index (Phi) is 5.37. The Morgan fingerprint density at radius 3 is 2.64 bits per heavy atom. The van der Waals surface area contributed by atoms with E-state index in [4.69, 9.17) is 4.74 Å². The summed E-state index contributed by atoms with van der Waals surface area (Å²) in [7, 11) is 0. The first-order valence-corrected chi connectivity index (χ1v) is 9.18. The number of hydrogen-bond acceptors (Lipinski definition) is 6. The van der Waals surface area contributed by atoms with Gasteiger partial charge < -0.3 is 14.6 Å². The summed E-state index contributed by atoms with van der Waals surface area (Å²) >= 11 is 1.38. The van der Waals surface area contributed by atoms with Gasteiger partial charge in [-0.15, -0.1) is 10.2 Å². The molecule has 0 saturated heterocycles. The minimum atomic E-state index is -0.370. The molecule has 0 unspecified atom stereocenters. The number of aromatic nitrogens is 3. The molecular formula is C17H20N4O3S. The monoisotopic (exact) mass is 360 g/mol. The summed E-state index contributed by atoms with van der Waals surface area (Å²) in [5.41, 5.74) is 1.10. The number of aryl methyl sites for hydroxylation is 1. The van der Waals surface area contributed by atoms with E-state index in [1.807, 2.05) is 6.92 Å². The van der Waals surface area contributed by atoms with Crippen molar-refractivity contribution >= 4 is 29.3 Å². The summed E-state index contributed by atoms with van der Waals surface area (Å²) in [6.45, 7) is 4.02. The largest absolute Gasteiger partial charge is 0.462 e. The summed E-state index contributed by atoms with van der Waals surface area (Å²) in [5.74, 6) is 0.646. The van der Waals surface area contributed by atoms with Gasteiger partial charge in [0.1, 0.15) is 5.82 Å². The van der Waals surface area contributed by atoms with Crippen molar-refractivity contribution in [1.82, 2.24) is 14.8 Å². The molecule has 25 heavy (non-hydrogen) atoms. The summed E-state index contributed by atoms with van der Waals surface area (Å²) in [4.78, 5) is 23.7. The van der Waals surface area contributed by atoms with Crippen LogP contribution in [-0.2, 0) is 9.53 Å². The van der Waals surface area contributed by atoms with Crippen molar-refractivity contribution in [3.8, 4) is 0 Å². The maximum absolute atomic E-state index is 12.1. The topological polar surface area (TPSA) is 86.1 Å². The Morgan fingerprint density at radius 2 is 2.00 bits per heavy atom. The van der Waals surface area contributed by atoms with Crippen LogP contribution in [0.4, 0.5) is 5.69 Å². The van der Waals surface area contributed by atoms with Crippen LogP contribution in [0.25, 0.3) is 0 Å². The number of esters is 1. The van der Waals surface area contributed by atoms with Crippen molar-refractivity contribution in [1.29, 1.82) is 0 Å². The second kappa shape index (κ2) is 7.69. The lowest BCUT2D eigenvalue weighted by atomic mass is 10.2. The molecule has 1 fully saturated rings. The fraction of sp³-hybridized carbons (Fsp3) is 0.412. The van der Waals surface area contributed by atoms with Crippen molar-refractivity contribution in [2.45, 2.75) is 37.9 Å². The molecule has 1 aromatic carbocycles. The lowest BCUT2D eigenvalue weighted by Crippen LogP contribution is -2.15. The zero-order valence-electron chi connectivity index (χ0n) is 14.2. The predicted molar refractivity (Wildman–Crippen MR) is 94.8 cm³/mol. The fourth-order valence-electron chi connectivity index (χ4n) is 2.43. The number of benzene rings is 1. The Labute approximate surface area is 150 Å². The Balaban J connectivity index is 1.53. The van der Waals surface area contributed by atoms with E-state index in [1.165, 1.54) is 11.8 Å². The molecular weight excluding hydrogens is 340 g/mol. The highest BCUT2D eigenvalue weighted by Crippen LogP contribution is 2.38. The number of anilines is 1. The number of hydrogen-bond donors (Lipinski definition) is 1. The van der Waals surface area contributed by atoms with Gasteiger partial charge in [-0.1, -0.05) is 11.8 Å². The molecule has 8 heteroatoms. The molecule has 1 aliphatic rings. The van der Waals surface area contributed by atoms with E-state index in [0.717, 1.165) is 23.8 Å². The Hall–Kier alpha value is -2.35. The highest BCUT2D eigenvalue weighted by atomic mass is 32.2. The van der Waals surface area contributed by atoms with Gasteiger partial charge >= 0.3 is 5.97 Å². The second-order valence-corrected chi connectivity index (χ2v) is 6.71. The lowest BCUT2D eigenvalue weighted by Gasteiger charge is -2.08. The average Bonchev–Trinajstić information content (AvgIpc) is 3.36. The average molecular weight is 360 g/mol. The number of rotatable bonds is 7. The van der Waals surface area contributed by atoms with Crippen LogP contribution in [0.5, 0.6) is 0 Å². The maximum atomic E-state index is 12.1. The van der Waals surface area contributed by atoms with Crippen LogP contribution >= 0.6 is 11.8 Å². The third kappa shape index (κ3) is 4.39. The summed E-state index contributed by atoms with van der Waals surface area (Å²) in [6.07, 6.45) is 2.29. The van der Waals surface area contributed by atoms with Crippen molar-refractivity contribution in [3.05, 3.63) is 35.7 Å². The zero-order valence-corrected chi connectivity index (χ0v) is 15.0. The van der Waals surface area contributed by atoms with Crippen LogP contribution < -0.4 is 5.32 Å². The van der Waals surface area contributed by atoms with Gasteiger partial charge in [-0.2, -0.15) is 0 Å². The summed E-state index contributed by atoms with van der Waals surface area (Å²) in [5, 5.41) is 11.8. The van der Waals surface area contributed by atoms with Gasteiger partial charge in [0.05, 0.1) is 17.9 Å². The van der Waals surface area contributed by atoms with Crippen LogP contribution in [-0.4, -0.2) is 39.0 Å². The van der Waals surface area contributed by atoms with Crippen molar-refractivity contribution < 1.29 is 14.3 Å². The molecule has 1 N–H and O–H groups in total. The molecule has 1 aromatic heterocycles. The molecule has 0 spiro atoms. The van der Waals surface area contributed by atoms with Crippen LogP contribution in [0, 0.1) is 6.92 Å². The number of carbonyl (C=O) groups excluding carboxylic acids is 2. The van der Waals surface area contributed by atoms with Gasteiger partial charge in [0, 0.05) is 11.7 Å². The summed E-state index contributed by atoms with van der Waals surface area (Å²) in [6, 6.07) is 7.12. The maximum Gasteiger partial charge on any atom is 0.338 e. The van der Waals surface area contributed by atoms with Gasteiger partial charge in [0.25, 0.3) is 0 Å². The first-order valence-electron chi connectivity index (χ1n) is 8.19. The highest BCUT2D eigenvalue weighted by Gasteiger charge is 2.28. The molecule has 2 aromatic rings. The molecule has 1 saturated carbocycles. The van der Waals surface area contributed by atoms with Crippen molar-refractivity contribution in [2.24, 2.45) is 0 Å². The third-order valence-electron chi connectivity index (χ3n) is 3.76. The minimum absolute atomic E-state index is 0.128. The van der Waals surface area contributed by atoms with Crippen LogP contribution in [0.2, 0.25) is 0 Å². The van der Waals surface area contributed by atoms with Gasteiger partial charge in [-0.3, -0.25) is 4.79 Å². The number of nitrogens with zero attached hydrogens (tertiary/aromatic N) is 3. The molecule has 1 heterocycles. The fourth-order valence-corrected chi connectivity index (χ4v) is 3.28. The normalized spacial score (nSPS) is 13.5. The molecule has 132 valence electrons. The van der Waals surface area contributed by atoms with E-state index in [1.54, 1.807) is 31.2 Å². The molecule has 1 amide bonds. The van der Waals surface area contributed by atoms with Gasteiger partial charge in [0.15, 0.2) is 5.16 Å². The van der Waals surface area contributed by atoms with E-state index in [2.05, 4.69) is 20.1 Å². The van der Waals surface area contributed by atoms with Crippen LogP contribution in [0.15, 0.2) is 29.4 Å². The Bertz CT molecular complexity index is 769. The van der Waals surface area contributed by atoms with Gasteiger partial charge in [-0.25, -0.2) is 4.79 Å². The molecule has 7 nitrogen and oxygen atoms in total. The third-order valence-corrected chi connectivity index (χ3v) is 4.70. The summed E-state index contributed by atoms with van der Waals surface area (Å²) < 4.78 is 7.03. The smallest absolute Gasteiger partial charge is 0.338 e. The first kappa shape index (κ1) is 17.5. The second-order valence-electron chi connectivity index (χ2n) is 5.77. The Morgan fingerprint density at radius 1 is 1.28 bits per heavy atom. The molecule has 0 atom stereocenters. The van der Waals surface area contributed by atoms with E-state index >= 15 is 0 Å². The first-order chi connectivity index (χ1) is 12.1. The number of thioether (sulfide) groups is 1. The lowest BCUT2D eigenvalue weighted by molar-refractivity contribution is -0.113. The van der Waals surface area contributed by atoms with Crippen LogP contribution in [0.1, 0.15) is 42.0 Å². The van der Waals surface area contributed by atoms with E-state index in [0.29, 0.717) is 23.9 Å². The number of ether oxygens (including phenoxy) is 1. The molecule has 0 aliphatic heterocycles. The van der Waals surface area contributed by atoms with Crippen molar-refractivity contribution in [3.63, 3.8) is 0 Å². The minimum Gasteiger partial charge on any atom is -0.462 e. The van der Waals surface area contributed by atoms with Crippen molar-refractivity contribution in [2.75, 3.05) is 17.7 Å². The SMILES string of the molecule is CCOC(=O)c1ccc(NC(=O)CSc2nnc(C)n2C2CC2)cc1. The van der Waals surface area contributed by atoms with E-state index in [9.17, 15) is 9.59 Å². The molecule has 3 rings (SSSR count).